The molecule has 4 aromatic rings. The molecule has 0 saturated carbocycles. The van der Waals surface area contributed by atoms with Gasteiger partial charge in [0.05, 0.1) is 12.1 Å². The molecule has 2 atom stereocenters. The highest BCUT2D eigenvalue weighted by Gasteiger charge is 2.27. The topological polar surface area (TPSA) is 90.9 Å². The van der Waals surface area contributed by atoms with Crippen LogP contribution < -0.4 is 11.1 Å². The predicted octanol–water partition coefficient (Wildman–Crippen LogP) is 4.20. The number of nitrogens with one attached hydrogen (secondary N) is 1. The molecule has 4 aromatic carbocycles. The minimum Gasteiger partial charge on any atom is -0.508 e. The van der Waals surface area contributed by atoms with Crippen LogP contribution in [0.3, 0.4) is 0 Å². The Labute approximate surface area is 173 Å². The zero-order valence-corrected chi connectivity index (χ0v) is 16.3. The highest BCUT2D eigenvalue weighted by Crippen LogP contribution is 2.42. The van der Waals surface area contributed by atoms with Crippen LogP contribution in [0.2, 0.25) is 0 Å². The molecule has 30 heavy (non-hydrogen) atoms. The number of rotatable bonds is 2. The van der Waals surface area contributed by atoms with Gasteiger partial charge in [-0.05, 0) is 80.9 Å². The number of benzene rings is 4. The van der Waals surface area contributed by atoms with E-state index in [9.17, 15) is 10.2 Å². The van der Waals surface area contributed by atoms with Gasteiger partial charge in [0.15, 0.2) is 5.96 Å². The summed E-state index contributed by atoms with van der Waals surface area (Å²) in [6.07, 6.45) is 1.48. The standard InChI is InChI=1S/C25H21N3O2/c26-25(27-21-11-15-9-17(29)7-13-3-1-5-19(21)23(13)15)28-22-12-16-10-18(30)8-14-4-2-6-20(22)24(14)16/h1-10,21-22,29-30H,11-12H2,(H3,26,27,28). The van der Waals surface area contributed by atoms with Crippen molar-refractivity contribution in [2.45, 2.75) is 24.9 Å². The van der Waals surface area contributed by atoms with Gasteiger partial charge >= 0.3 is 0 Å². The fraction of sp³-hybridized carbons (Fsp3) is 0.160. The Morgan fingerprint density at radius 2 is 1.43 bits per heavy atom. The molecule has 0 aromatic heterocycles. The minimum absolute atomic E-state index is 0.0258. The number of guanidine groups is 1. The van der Waals surface area contributed by atoms with Gasteiger partial charge in [-0.3, -0.25) is 0 Å². The van der Waals surface area contributed by atoms with Crippen molar-refractivity contribution in [2.24, 2.45) is 10.7 Å². The molecule has 148 valence electrons. The molecule has 0 radical (unpaired) electrons. The molecule has 0 aliphatic heterocycles. The second kappa shape index (κ2) is 6.13. The molecular formula is C25H21N3O2. The van der Waals surface area contributed by atoms with Gasteiger partial charge in [-0.2, -0.15) is 0 Å². The molecule has 0 bridgehead atoms. The number of phenolic OH excluding ortho intramolecular Hbond substituents is 2. The van der Waals surface area contributed by atoms with Crippen molar-refractivity contribution < 1.29 is 10.2 Å². The second-order valence-corrected chi connectivity index (χ2v) is 8.24. The van der Waals surface area contributed by atoms with Gasteiger partial charge in [0, 0.05) is 0 Å². The maximum Gasteiger partial charge on any atom is 0.189 e. The zero-order chi connectivity index (χ0) is 20.4. The Kier molecular flexibility index (Phi) is 3.51. The van der Waals surface area contributed by atoms with E-state index in [1.165, 1.54) is 16.3 Å². The molecular weight excluding hydrogens is 374 g/mol. The smallest absolute Gasteiger partial charge is 0.189 e. The first-order valence-corrected chi connectivity index (χ1v) is 10.2. The van der Waals surface area contributed by atoms with Gasteiger partial charge in [-0.1, -0.05) is 36.4 Å². The lowest BCUT2D eigenvalue weighted by molar-refractivity contribution is 0.475. The molecule has 0 spiro atoms. The zero-order valence-electron chi connectivity index (χ0n) is 16.3. The summed E-state index contributed by atoms with van der Waals surface area (Å²) >= 11 is 0. The van der Waals surface area contributed by atoms with Crippen molar-refractivity contribution in [3.63, 3.8) is 0 Å². The fourth-order valence-electron chi connectivity index (χ4n) is 5.23. The number of nitrogens with zero attached hydrogens (tertiary/aromatic N) is 1. The summed E-state index contributed by atoms with van der Waals surface area (Å²) in [5.41, 5.74) is 10.9. The Morgan fingerprint density at radius 1 is 0.833 bits per heavy atom. The summed E-state index contributed by atoms with van der Waals surface area (Å²) < 4.78 is 0. The van der Waals surface area contributed by atoms with Crippen LogP contribution in [0.15, 0.2) is 65.7 Å². The normalized spacial score (nSPS) is 19.7. The summed E-state index contributed by atoms with van der Waals surface area (Å²) in [6, 6.07) is 19.5. The molecule has 0 heterocycles. The number of aromatic hydroxyl groups is 2. The van der Waals surface area contributed by atoms with Gasteiger partial charge in [-0.25, -0.2) is 4.99 Å². The molecule has 0 saturated heterocycles. The van der Waals surface area contributed by atoms with Crippen LogP contribution in [0.4, 0.5) is 0 Å². The minimum atomic E-state index is -0.0679. The van der Waals surface area contributed by atoms with Crippen LogP contribution in [-0.2, 0) is 12.8 Å². The Morgan fingerprint density at radius 3 is 2.13 bits per heavy atom. The van der Waals surface area contributed by atoms with Crippen molar-refractivity contribution in [3.05, 3.63) is 82.9 Å². The van der Waals surface area contributed by atoms with Crippen LogP contribution in [-0.4, -0.2) is 16.2 Å². The molecule has 2 unspecified atom stereocenters. The van der Waals surface area contributed by atoms with Crippen LogP contribution in [0.25, 0.3) is 21.5 Å². The molecule has 5 N–H and O–H groups in total. The van der Waals surface area contributed by atoms with E-state index >= 15 is 0 Å². The quantitative estimate of drug-likeness (QED) is 0.302. The van der Waals surface area contributed by atoms with Gasteiger partial charge in [0.2, 0.25) is 0 Å². The van der Waals surface area contributed by atoms with Gasteiger partial charge in [0.25, 0.3) is 0 Å². The van der Waals surface area contributed by atoms with Gasteiger partial charge in [-0.15, -0.1) is 0 Å². The first-order chi connectivity index (χ1) is 14.6. The van der Waals surface area contributed by atoms with Crippen molar-refractivity contribution in [1.82, 2.24) is 5.32 Å². The van der Waals surface area contributed by atoms with E-state index in [1.54, 1.807) is 12.1 Å². The summed E-state index contributed by atoms with van der Waals surface area (Å²) in [7, 11) is 0. The molecule has 6 rings (SSSR count). The predicted molar refractivity (Wildman–Crippen MR) is 119 cm³/mol. The third kappa shape index (κ3) is 2.52. The summed E-state index contributed by atoms with van der Waals surface area (Å²) in [5.74, 6) is 0.982. The van der Waals surface area contributed by atoms with Gasteiger partial charge < -0.3 is 21.3 Å². The molecule has 2 aliphatic carbocycles. The van der Waals surface area contributed by atoms with Crippen LogP contribution in [0, 0.1) is 0 Å². The number of nitrogens with two attached hydrogens (primary N) is 1. The van der Waals surface area contributed by atoms with Crippen molar-refractivity contribution in [2.75, 3.05) is 0 Å². The molecule has 0 fully saturated rings. The average Bonchev–Trinajstić information content (AvgIpc) is 3.22. The Balaban J connectivity index is 1.32. The van der Waals surface area contributed by atoms with Crippen LogP contribution in [0.5, 0.6) is 11.5 Å². The number of phenols is 2. The summed E-state index contributed by atoms with van der Waals surface area (Å²) in [4.78, 5) is 4.81. The first-order valence-electron chi connectivity index (χ1n) is 10.2. The maximum atomic E-state index is 10.0. The average molecular weight is 395 g/mol. The Hall–Kier alpha value is -3.73. The second-order valence-electron chi connectivity index (χ2n) is 8.24. The SMILES string of the molecule is NC(=NC1Cc2cc(O)cc3cccc1c23)NC1Cc2cc(O)cc3cccc1c23. The van der Waals surface area contributed by atoms with Crippen molar-refractivity contribution >= 4 is 27.5 Å². The first kappa shape index (κ1) is 17.2. The lowest BCUT2D eigenvalue weighted by atomic mass is 10.0. The molecule has 5 nitrogen and oxygen atoms in total. The lowest BCUT2D eigenvalue weighted by Gasteiger charge is -2.16. The van der Waals surface area contributed by atoms with Crippen molar-refractivity contribution in [3.8, 4) is 11.5 Å². The monoisotopic (exact) mass is 395 g/mol. The van der Waals surface area contributed by atoms with E-state index in [4.69, 9.17) is 10.7 Å². The summed E-state index contributed by atoms with van der Waals surface area (Å²) in [6.45, 7) is 0. The van der Waals surface area contributed by atoms with Crippen LogP contribution >= 0.6 is 0 Å². The highest BCUT2D eigenvalue weighted by molar-refractivity contribution is 5.94. The van der Waals surface area contributed by atoms with E-state index in [0.29, 0.717) is 5.96 Å². The molecule has 2 aliphatic rings. The largest absolute Gasteiger partial charge is 0.508 e. The van der Waals surface area contributed by atoms with Crippen molar-refractivity contribution in [1.29, 1.82) is 0 Å². The maximum absolute atomic E-state index is 10.0. The third-order valence-corrected chi connectivity index (χ3v) is 6.34. The Bertz CT molecular complexity index is 1380. The molecule has 0 amide bonds. The third-order valence-electron chi connectivity index (χ3n) is 6.34. The number of hydrogen-bond donors (Lipinski definition) is 4. The van der Waals surface area contributed by atoms with Gasteiger partial charge in [0.1, 0.15) is 11.5 Å². The lowest BCUT2D eigenvalue weighted by Crippen LogP contribution is -2.35. The van der Waals surface area contributed by atoms with E-state index in [1.807, 2.05) is 36.4 Å². The van der Waals surface area contributed by atoms with E-state index < -0.39 is 0 Å². The fourth-order valence-corrected chi connectivity index (χ4v) is 5.23. The van der Waals surface area contributed by atoms with E-state index in [-0.39, 0.29) is 23.6 Å². The van der Waals surface area contributed by atoms with E-state index in [0.717, 1.165) is 40.3 Å². The number of aliphatic imine (C=N–C) groups is 1. The highest BCUT2D eigenvalue weighted by atomic mass is 16.3. The number of hydrogen-bond acceptors (Lipinski definition) is 3. The van der Waals surface area contributed by atoms with Crippen LogP contribution in [0.1, 0.15) is 34.3 Å². The summed E-state index contributed by atoms with van der Waals surface area (Å²) in [5, 5.41) is 27.9. The van der Waals surface area contributed by atoms with E-state index in [2.05, 4.69) is 17.4 Å². The molecule has 5 heteroatoms.